The average molecular weight is 395 g/mol. The molecule has 1 amide bonds. The summed E-state index contributed by atoms with van der Waals surface area (Å²) in [7, 11) is 0. The minimum atomic E-state index is -0.0938. The second kappa shape index (κ2) is 9.60. The highest BCUT2D eigenvalue weighted by molar-refractivity contribution is 8.14. The maximum absolute atomic E-state index is 13.1. The highest BCUT2D eigenvalue weighted by Gasteiger charge is 2.31. The van der Waals surface area contributed by atoms with Gasteiger partial charge in [-0.05, 0) is 56.2 Å². The Hall–Kier alpha value is -2.53. The molecule has 0 unspecified atom stereocenters. The van der Waals surface area contributed by atoms with E-state index in [2.05, 4.69) is 11.9 Å². The number of unbranched alkanes of at least 4 members (excludes halogenated alkanes) is 1. The summed E-state index contributed by atoms with van der Waals surface area (Å²) in [4.78, 5) is 19.5. The zero-order valence-corrected chi connectivity index (χ0v) is 17.5. The molecular weight excluding hydrogens is 368 g/mol. The maximum atomic E-state index is 13.1. The van der Waals surface area contributed by atoms with Crippen molar-refractivity contribution in [3.63, 3.8) is 0 Å². The maximum Gasteiger partial charge on any atom is 0.283 e. The Balaban J connectivity index is 1.89. The fourth-order valence-corrected chi connectivity index (χ4v) is 3.90. The van der Waals surface area contributed by atoms with Gasteiger partial charge in [0.15, 0.2) is 5.17 Å². The van der Waals surface area contributed by atoms with E-state index in [1.807, 2.05) is 68.5 Å². The molecule has 0 aliphatic carbocycles. The predicted molar refractivity (Wildman–Crippen MR) is 119 cm³/mol. The Morgan fingerprint density at radius 3 is 2.43 bits per heavy atom. The number of thioether (sulfide) groups is 1. The van der Waals surface area contributed by atoms with Gasteiger partial charge in [0, 0.05) is 5.75 Å². The molecule has 1 aliphatic rings. The molecule has 0 fully saturated rings. The van der Waals surface area contributed by atoms with Gasteiger partial charge in [-0.2, -0.15) is 0 Å². The topological polar surface area (TPSA) is 41.9 Å². The van der Waals surface area contributed by atoms with Gasteiger partial charge in [0.1, 0.15) is 11.4 Å². The molecule has 0 bridgehead atoms. The summed E-state index contributed by atoms with van der Waals surface area (Å²) in [6.45, 7) is 6.78. The molecule has 3 rings (SSSR count). The number of nitrogens with zero attached hydrogens (tertiary/aromatic N) is 2. The number of amidine groups is 1. The number of amides is 1. The van der Waals surface area contributed by atoms with Crippen molar-refractivity contribution in [1.29, 1.82) is 0 Å². The number of rotatable bonds is 7. The number of hydrogen-bond acceptors (Lipinski definition) is 4. The van der Waals surface area contributed by atoms with Crippen molar-refractivity contribution in [3.8, 4) is 5.75 Å². The molecule has 1 aliphatic heterocycles. The van der Waals surface area contributed by atoms with E-state index in [0.717, 1.165) is 40.8 Å². The molecule has 0 aromatic heterocycles. The number of hydrogen-bond donors (Lipinski definition) is 0. The van der Waals surface area contributed by atoms with Crippen LogP contribution >= 0.6 is 11.8 Å². The smallest absolute Gasteiger partial charge is 0.283 e. The van der Waals surface area contributed by atoms with Crippen LogP contribution in [0.25, 0.3) is 6.08 Å². The molecule has 1 heterocycles. The van der Waals surface area contributed by atoms with Gasteiger partial charge >= 0.3 is 0 Å². The second-order valence-electron chi connectivity index (χ2n) is 6.60. The highest BCUT2D eigenvalue weighted by atomic mass is 32.2. The third-order valence-electron chi connectivity index (χ3n) is 4.35. The fourth-order valence-electron chi connectivity index (χ4n) is 2.81. The standard InChI is InChI=1S/C23H26N2O2S/c1-4-6-15-28-23-24-21(16-18-9-7-17(3)8-10-18)22(26)25(23)19-11-13-20(14-12-19)27-5-2/h7-14,16H,4-6,15H2,1-3H3/b21-16-. The van der Waals surface area contributed by atoms with Crippen molar-refractivity contribution in [3.05, 3.63) is 65.4 Å². The molecule has 0 N–H and O–H groups in total. The summed E-state index contributed by atoms with van der Waals surface area (Å²) in [6, 6.07) is 15.7. The molecule has 28 heavy (non-hydrogen) atoms. The number of carbonyl (C=O) groups excluding carboxylic acids is 1. The van der Waals surface area contributed by atoms with E-state index >= 15 is 0 Å². The molecule has 2 aromatic rings. The van der Waals surface area contributed by atoms with Crippen LogP contribution in [-0.4, -0.2) is 23.4 Å². The van der Waals surface area contributed by atoms with Gasteiger partial charge in [0.25, 0.3) is 5.91 Å². The molecule has 0 saturated carbocycles. The Bertz CT molecular complexity index is 870. The number of carbonyl (C=O) groups is 1. The first-order valence-electron chi connectivity index (χ1n) is 9.69. The normalized spacial score (nSPS) is 15.2. The monoisotopic (exact) mass is 394 g/mol. The van der Waals surface area contributed by atoms with Crippen molar-refractivity contribution in [2.75, 3.05) is 17.3 Å². The molecule has 5 heteroatoms. The molecule has 0 saturated heterocycles. The second-order valence-corrected chi connectivity index (χ2v) is 7.67. The minimum Gasteiger partial charge on any atom is -0.494 e. The lowest BCUT2D eigenvalue weighted by Gasteiger charge is -2.18. The molecule has 4 nitrogen and oxygen atoms in total. The predicted octanol–water partition coefficient (Wildman–Crippen LogP) is 5.67. The van der Waals surface area contributed by atoms with Crippen molar-refractivity contribution in [2.45, 2.75) is 33.6 Å². The largest absolute Gasteiger partial charge is 0.494 e. The van der Waals surface area contributed by atoms with Crippen LogP contribution in [-0.2, 0) is 4.79 Å². The van der Waals surface area contributed by atoms with Gasteiger partial charge in [-0.15, -0.1) is 0 Å². The van der Waals surface area contributed by atoms with E-state index in [-0.39, 0.29) is 5.91 Å². The minimum absolute atomic E-state index is 0.0938. The van der Waals surface area contributed by atoms with Crippen LogP contribution in [0.1, 0.15) is 37.8 Å². The number of ether oxygens (including phenoxy) is 1. The van der Waals surface area contributed by atoms with Crippen LogP contribution < -0.4 is 9.64 Å². The van der Waals surface area contributed by atoms with Gasteiger partial charge in [-0.25, -0.2) is 4.99 Å². The van der Waals surface area contributed by atoms with Crippen molar-refractivity contribution < 1.29 is 9.53 Å². The van der Waals surface area contributed by atoms with Crippen molar-refractivity contribution in [1.82, 2.24) is 0 Å². The first-order chi connectivity index (χ1) is 13.6. The van der Waals surface area contributed by atoms with Gasteiger partial charge in [0.05, 0.1) is 12.3 Å². The van der Waals surface area contributed by atoms with E-state index in [4.69, 9.17) is 4.74 Å². The summed E-state index contributed by atoms with van der Waals surface area (Å²) in [5.74, 6) is 1.64. The number of aryl methyl sites for hydroxylation is 1. The Labute approximate surface area is 171 Å². The third kappa shape index (κ3) is 4.84. The van der Waals surface area contributed by atoms with E-state index in [1.54, 1.807) is 16.7 Å². The quantitative estimate of drug-likeness (QED) is 0.449. The van der Waals surface area contributed by atoms with Crippen LogP contribution in [0.5, 0.6) is 5.75 Å². The Morgan fingerprint density at radius 1 is 1.07 bits per heavy atom. The van der Waals surface area contributed by atoms with Crippen LogP contribution in [0.15, 0.2) is 59.2 Å². The fraction of sp³-hybridized carbons (Fsp3) is 0.304. The average Bonchev–Trinajstić information content (AvgIpc) is 3.00. The lowest BCUT2D eigenvalue weighted by Crippen LogP contribution is -2.30. The lowest BCUT2D eigenvalue weighted by atomic mass is 10.1. The summed E-state index contributed by atoms with van der Waals surface area (Å²) < 4.78 is 5.52. The molecule has 0 spiro atoms. The van der Waals surface area contributed by atoms with Gasteiger partial charge < -0.3 is 4.74 Å². The van der Waals surface area contributed by atoms with Gasteiger partial charge in [-0.3, -0.25) is 9.69 Å². The third-order valence-corrected chi connectivity index (χ3v) is 5.37. The van der Waals surface area contributed by atoms with Crippen LogP contribution in [0, 0.1) is 6.92 Å². The van der Waals surface area contributed by atoms with Crippen LogP contribution in [0.3, 0.4) is 0 Å². The molecule has 146 valence electrons. The summed E-state index contributed by atoms with van der Waals surface area (Å²) in [6.07, 6.45) is 4.06. The van der Waals surface area contributed by atoms with Gasteiger partial charge in [-0.1, -0.05) is 54.9 Å². The van der Waals surface area contributed by atoms with E-state index in [1.165, 1.54) is 5.56 Å². The van der Waals surface area contributed by atoms with Gasteiger partial charge in [0.2, 0.25) is 0 Å². The highest BCUT2D eigenvalue weighted by Crippen LogP contribution is 2.31. The molecule has 0 radical (unpaired) electrons. The number of anilines is 1. The summed E-state index contributed by atoms with van der Waals surface area (Å²) in [5.41, 5.74) is 3.44. The van der Waals surface area contributed by atoms with E-state index in [9.17, 15) is 4.79 Å². The zero-order chi connectivity index (χ0) is 19.9. The van der Waals surface area contributed by atoms with Crippen molar-refractivity contribution >= 4 is 34.6 Å². The number of benzene rings is 2. The van der Waals surface area contributed by atoms with E-state index in [0.29, 0.717) is 12.3 Å². The SMILES string of the molecule is CCCCSC1=N/C(=C\c2ccc(C)cc2)C(=O)N1c1ccc(OCC)cc1. The summed E-state index contributed by atoms with van der Waals surface area (Å²) in [5, 5.41) is 0.737. The van der Waals surface area contributed by atoms with Crippen LogP contribution in [0.2, 0.25) is 0 Å². The lowest BCUT2D eigenvalue weighted by molar-refractivity contribution is -0.113. The molecule has 0 atom stereocenters. The first-order valence-corrected chi connectivity index (χ1v) is 10.7. The Morgan fingerprint density at radius 2 is 1.79 bits per heavy atom. The Kier molecular flexibility index (Phi) is 6.93. The summed E-state index contributed by atoms with van der Waals surface area (Å²) >= 11 is 1.63. The van der Waals surface area contributed by atoms with Crippen LogP contribution in [0.4, 0.5) is 5.69 Å². The zero-order valence-electron chi connectivity index (χ0n) is 16.6. The molecule has 2 aromatic carbocycles. The van der Waals surface area contributed by atoms with Crippen molar-refractivity contribution in [2.24, 2.45) is 4.99 Å². The van der Waals surface area contributed by atoms with E-state index < -0.39 is 0 Å². The first kappa shape index (κ1) is 20.2. The number of aliphatic imine (C=N–C) groups is 1. The molecular formula is C23H26N2O2S.